The lowest BCUT2D eigenvalue weighted by Crippen LogP contribution is -2.20. The second-order valence-corrected chi connectivity index (χ2v) is 31.1. The first-order chi connectivity index (χ1) is 46.6. The standard InChI is InChI=1S/4C18H15P.C14H11BrO.C2H6/c4*1-4-10-16(11-5-1)19(17-12-6-2-7-13-17)18-14-8-3-9-15-18;15-11-7-5-10(6-8-11)13-9-16-14-4-2-1-3-12(13)14;1-2/h4*1-15H;1-8,13H,9H2;1-2H3. The minimum Gasteiger partial charge on any atom is -0.492 e. The number of ether oxygens (including phenoxy) is 1. The molecule has 0 aromatic heterocycles. The van der Waals surface area contributed by atoms with Crippen LogP contribution in [0.4, 0.5) is 0 Å². The summed E-state index contributed by atoms with van der Waals surface area (Å²) in [5.41, 5.74) is 2.61. The van der Waals surface area contributed by atoms with Gasteiger partial charge < -0.3 is 4.74 Å². The molecule has 0 spiro atoms. The van der Waals surface area contributed by atoms with Gasteiger partial charge in [0.15, 0.2) is 0 Å². The summed E-state index contributed by atoms with van der Waals surface area (Å²) < 4.78 is 6.80. The Morgan fingerprint density at radius 1 is 0.223 bits per heavy atom. The summed E-state index contributed by atoms with van der Waals surface area (Å²) in [4.78, 5) is 0. The Kier molecular flexibility index (Phi) is 27.3. The van der Waals surface area contributed by atoms with E-state index in [1.165, 1.54) is 74.8 Å². The van der Waals surface area contributed by atoms with Gasteiger partial charge in [-0.05, 0) is 119 Å². The molecule has 0 saturated carbocycles. The molecule has 0 fully saturated rings. The van der Waals surface area contributed by atoms with Crippen molar-refractivity contribution in [2.75, 3.05) is 6.61 Å². The number of hydrogen-bond acceptors (Lipinski definition) is 1. The van der Waals surface area contributed by atoms with Crippen molar-refractivity contribution in [1.29, 1.82) is 0 Å². The molecule has 462 valence electrons. The normalized spacial score (nSPS) is 11.7. The lowest BCUT2D eigenvalue weighted by atomic mass is 9.93. The highest BCUT2D eigenvalue weighted by molar-refractivity contribution is 9.10. The topological polar surface area (TPSA) is 9.23 Å². The van der Waals surface area contributed by atoms with Gasteiger partial charge in [-0.15, -0.1) is 0 Å². The van der Waals surface area contributed by atoms with Crippen molar-refractivity contribution < 1.29 is 4.74 Å². The fraction of sp³-hybridized carbons (Fsp3) is 0.0455. The van der Waals surface area contributed by atoms with Crippen LogP contribution in [0.2, 0.25) is 0 Å². The van der Waals surface area contributed by atoms with Crippen LogP contribution in [-0.2, 0) is 0 Å². The van der Waals surface area contributed by atoms with Crippen LogP contribution in [0.25, 0.3) is 0 Å². The number of benzene rings is 14. The average Bonchev–Trinajstić information content (AvgIpc) is 1.71. The second kappa shape index (κ2) is 37.7. The zero-order chi connectivity index (χ0) is 64.6. The maximum atomic E-state index is 5.68. The van der Waals surface area contributed by atoms with Gasteiger partial charge in [0, 0.05) is 16.0 Å². The average molecular weight is 1350 g/mol. The van der Waals surface area contributed by atoms with Gasteiger partial charge in [-0.25, -0.2) is 0 Å². The first kappa shape index (κ1) is 68.0. The molecule has 1 nitrogen and oxygen atoms in total. The zero-order valence-corrected chi connectivity index (χ0v) is 58.3. The molecule has 0 amide bonds. The van der Waals surface area contributed by atoms with E-state index in [2.05, 4.69) is 416 Å². The monoisotopic (exact) mass is 1350 g/mol. The van der Waals surface area contributed by atoms with Crippen LogP contribution >= 0.6 is 47.6 Å². The van der Waals surface area contributed by atoms with Crippen molar-refractivity contribution in [3.05, 3.63) is 428 Å². The molecule has 6 heteroatoms. The lowest BCUT2D eigenvalue weighted by molar-refractivity contribution is 0.343. The van der Waals surface area contributed by atoms with Crippen LogP contribution in [0.15, 0.2) is 417 Å². The van der Waals surface area contributed by atoms with E-state index in [1.807, 2.05) is 26.0 Å². The third-order valence-corrected chi connectivity index (χ3v) is 25.4. The molecule has 0 radical (unpaired) electrons. The highest BCUT2D eigenvalue weighted by Crippen LogP contribution is 2.39. The molecule has 14 aromatic carbocycles. The number of rotatable bonds is 13. The fourth-order valence-corrected chi connectivity index (χ4v) is 20.3. The second-order valence-electron chi connectivity index (χ2n) is 21.3. The molecule has 1 unspecified atom stereocenters. The summed E-state index contributed by atoms with van der Waals surface area (Å²) in [5, 5.41) is 16.8. The highest BCUT2D eigenvalue weighted by atomic mass is 79.9. The smallest absolute Gasteiger partial charge is 0.123 e. The number of para-hydroxylation sites is 1. The quantitative estimate of drug-likeness (QED) is 0.105. The third kappa shape index (κ3) is 19.6. The molecule has 0 bridgehead atoms. The predicted octanol–water partition coefficient (Wildman–Crippen LogP) is 18.8. The summed E-state index contributed by atoms with van der Waals surface area (Å²) in [5.74, 6) is 1.40. The fourth-order valence-electron chi connectivity index (χ4n) is 10.8. The van der Waals surface area contributed by atoms with Gasteiger partial charge in [-0.3, -0.25) is 0 Å². The van der Waals surface area contributed by atoms with Gasteiger partial charge in [-0.1, -0.05) is 424 Å². The van der Waals surface area contributed by atoms with Crippen LogP contribution in [0, 0.1) is 0 Å². The van der Waals surface area contributed by atoms with E-state index in [1.54, 1.807) is 0 Å². The molecule has 94 heavy (non-hydrogen) atoms. The molecular formula is C88H77BrOP4. The van der Waals surface area contributed by atoms with E-state index >= 15 is 0 Å². The van der Waals surface area contributed by atoms with E-state index in [-0.39, 0.29) is 0 Å². The van der Waals surface area contributed by atoms with Crippen molar-refractivity contribution in [3.8, 4) is 5.75 Å². The van der Waals surface area contributed by atoms with Gasteiger partial charge in [0.05, 0.1) is 6.61 Å². The van der Waals surface area contributed by atoms with Gasteiger partial charge in [-0.2, -0.15) is 0 Å². The van der Waals surface area contributed by atoms with Crippen LogP contribution in [0.1, 0.15) is 30.9 Å². The van der Waals surface area contributed by atoms with Crippen molar-refractivity contribution in [3.63, 3.8) is 0 Å². The Balaban J connectivity index is 0.000000127. The van der Waals surface area contributed by atoms with E-state index in [0.29, 0.717) is 5.92 Å². The molecule has 0 N–H and O–H groups in total. The van der Waals surface area contributed by atoms with Crippen LogP contribution in [0.5, 0.6) is 5.75 Å². The van der Waals surface area contributed by atoms with Crippen LogP contribution in [0.3, 0.4) is 0 Å². The number of halogens is 1. The third-order valence-electron chi connectivity index (χ3n) is 15.1. The van der Waals surface area contributed by atoms with E-state index in [0.717, 1.165) is 16.8 Å². The Hall–Kier alpha value is -8.92. The maximum absolute atomic E-state index is 5.68. The largest absolute Gasteiger partial charge is 0.492 e. The summed E-state index contributed by atoms with van der Waals surface area (Å²) in [6.07, 6.45) is 0. The molecule has 14 aromatic rings. The Morgan fingerprint density at radius 3 is 0.585 bits per heavy atom. The first-order valence-corrected chi connectivity index (χ1v) is 38.1. The Labute approximate surface area is 572 Å². The van der Waals surface area contributed by atoms with Crippen molar-refractivity contribution in [1.82, 2.24) is 0 Å². The van der Waals surface area contributed by atoms with E-state index in [4.69, 9.17) is 4.74 Å². The minimum absolute atomic E-state index is 0.379. The summed E-state index contributed by atoms with van der Waals surface area (Å²) in [6, 6.07) is 146. The molecule has 1 atom stereocenters. The maximum Gasteiger partial charge on any atom is 0.123 e. The SMILES string of the molecule is Brc1ccc(C2COc3ccccc32)cc1.CC.c1ccc(P(c2ccccc2)c2ccccc2)cc1.c1ccc(P(c2ccccc2)c2ccccc2)cc1.c1ccc(P(c2ccccc2)c2ccccc2)cc1.c1ccc(P(c2ccccc2)c2ccccc2)cc1. The van der Waals surface area contributed by atoms with Crippen LogP contribution in [-0.4, -0.2) is 6.61 Å². The molecule has 0 saturated heterocycles. The van der Waals surface area contributed by atoms with Crippen molar-refractivity contribution >= 4 is 111 Å². The van der Waals surface area contributed by atoms with E-state index < -0.39 is 31.7 Å². The molecule has 1 aliphatic heterocycles. The molecule has 15 rings (SSSR count). The molecule has 1 heterocycles. The zero-order valence-electron chi connectivity index (χ0n) is 53.1. The van der Waals surface area contributed by atoms with Gasteiger partial charge >= 0.3 is 0 Å². The van der Waals surface area contributed by atoms with Gasteiger partial charge in [0.25, 0.3) is 0 Å². The molecule has 1 aliphatic rings. The lowest BCUT2D eigenvalue weighted by Gasteiger charge is -2.18. The minimum atomic E-state index is -0.446. The summed E-state index contributed by atoms with van der Waals surface area (Å²) in [6.45, 7) is 4.75. The molecular weight excluding hydrogens is 1280 g/mol. The van der Waals surface area contributed by atoms with E-state index in [9.17, 15) is 0 Å². The van der Waals surface area contributed by atoms with Crippen LogP contribution < -0.4 is 68.4 Å². The first-order valence-electron chi connectivity index (χ1n) is 31.9. The molecule has 0 aliphatic carbocycles. The Morgan fingerprint density at radius 2 is 0.394 bits per heavy atom. The summed E-state index contributed by atoms with van der Waals surface area (Å²) in [7, 11) is -1.78. The van der Waals surface area contributed by atoms with Crippen molar-refractivity contribution in [2.24, 2.45) is 0 Å². The van der Waals surface area contributed by atoms with Gasteiger partial charge in [0.2, 0.25) is 0 Å². The van der Waals surface area contributed by atoms with Gasteiger partial charge in [0.1, 0.15) is 5.75 Å². The number of hydrogen-bond donors (Lipinski definition) is 0. The predicted molar refractivity (Wildman–Crippen MR) is 420 cm³/mol. The number of fused-ring (bicyclic) bond motifs is 1. The summed E-state index contributed by atoms with van der Waals surface area (Å²) >= 11 is 3.45. The van der Waals surface area contributed by atoms with Crippen molar-refractivity contribution in [2.45, 2.75) is 19.8 Å². The highest BCUT2D eigenvalue weighted by Gasteiger charge is 2.25. The Bertz CT molecular complexity index is 3460.